The Morgan fingerprint density at radius 2 is 1.75 bits per heavy atom. The van der Waals surface area contributed by atoms with Crippen LogP contribution in [0.15, 0.2) is 36.4 Å². The lowest BCUT2D eigenvalue weighted by molar-refractivity contribution is -0.140. The van der Waals surface area contributed by atoms with Crippen LogP contribution in [0.3, 0.4) is 0 Å². The minimum absolute atomic E-state index is 0.0289. The predicted octanol–water partition coefficient (Wildman–Crippen LogP) is 4.64. The quantitative estimate of drug-likeness (QED) is 0.599. The highest BCUT2D eigenvalue weighted by Crippen LogP contribution is 2.31. The number of rotatable bonds is 8. The maximum absolute atomic E-state index is 13.2. The van der Waals surface area contributed by atoms with E-state index in [0.717, 1.165) is 11.1 Å². The van der Waals surface area contributed by atoms with Crippen molar-refractivity contribution in [3.05, 3.63) is 57.6 Å². The van der Waals surface area contributed by atoms with Crippen LogP contribution in [-0.4, -0.2) is 42.0 Å². The molecule has 1 heterocycles. The second kappa shape index (κ2) is 10.9. The number of nitrogens with one attached hydrogen (secondary N) is 1. The third-order valence-corrected chi connectivity index (χ3v) is 5.78. The van der Waals surface area contributed by atoms with Gasteiger partial charge in [0, 0.05) is 29.1 Å². The van der Waals surface area contributed by atoms with Crippen LogP contribution in [0.2, 0.25) is 10.0 Å². The van der Waals surface area contributed by atoms with E-state index in [2.05, 4.69) is 5.32 Å². The Morgan fingerprint density at radius 3 is 2.44 bits per heavy atom. The van der Waals surface area contributed by atoms with E-state index in [1.165, 1.54) is 0 Å². The molecular weight excluding hydrogens is 451 g/mol. The van der Waals surface area contributed by atoms with Crippen LogP contribution in [0.25, 0.3) is 0 Å². The van der Waals surface area contributed by atoms with Gasteiger partial charge in [-0.3, -0.25) is 9.59 Å². The number of nitrogens with zero attached hydrogens (tertiary/aromatic N) is 1. The number of hydrogen-bond donors (Lipinski definition) is 1. The van der Waals surface area contributed by atoms with Crippen molar-refractivity contribution in [1.82, 2.24) is 10.2 Å². The fraction of sp³-hybridized carbons (Fsp3) is 0.417. The number of amides is 2. The molecule has 2 aromatic rings. The summed E-state index contributed by atoms with van der Waals surface area (Å²) < 4.78 is 11.2. The summed E-state index contributed by atoms with van der Waals surface area (Å²) in [6, 6.07) is 10.1. The van der Waals surface area contributed by atoms with Gasteiger partial charge >= 0.3 is 0 Å². The van der Waals surface area contributed by atoms with E-state index in [0.29, 0.717) is 41.2 Å². The van der Waals surface area contributed by atoms with Gasteiger partial charge in [-0.2, -0.15) is 0 Å². The van der Waals surface area contributed by atoms with Crippen molar-refractivity contribution in [2.75, 3.05) is 13.2 Å². The zero-order valence-corrected chi connectivity index (χ0v) is 20.0. The predicted molar refractivity (Wildman–Crippen MR) is 126 cm³/mol. The van der Waals surface area contributed by atoms with Crippen LogP contribution >= 0.6 is 23.2 Å². The lowest BCUT2D eigenvalue weighted by Gasteiger charge is -2.30. The van der Waals surface area contributed by atoms with Gasteiger partial charge in [-0.05, 0) is 62.6 Å². The van der Waals surface area contributed by atoms with Crippen molar-refractivity contribution in [3.8, 4) is 11.5 Å². The molecule has 1 aliphatic heterocycles. The molecule has 0 spiro atoms. The molecular formula is C24H28Cl2N2O4. The van der Waals surface area contributed by atoms with Crippen LogP contribution < -0.4 is 14.8 Å². The molecule has 0 radical (unpaired) electrons. The Kier molecular flexibility index (Phi) is 8.26. The van der Waals surface area contributed by atoms with E-state index in [9.17, 15) is 9.59 Å². The molecule has 6 nitrogen and oxygen atoms in total. The lowest BCUT2D eigenvalue weighted by Crippen LogP contribution is -2.49. The number of ether oxygens (including phenoxy) is 2. The summed E-state index contributed by atoms with van der Waals surface area (Å²) >= 11 is 12.3. The van der Waals surface area contributed by atoms with Gasteiger partial charge in [0.2, 0.25) is 11.8 Å². The molecule has 0 bridgehead atoms. The number of aryl methyl sites for hydroxylation is 1. The summed E-state index contributed by atoms with van der Waals surface area (Å²) in [5.74, 6) is 1.05. The van der Waals surface area contributed by atoms with Gasteiger partial charge in [0.1, 0.15) is 19.3 Å². The van der Waals surface area contributed by atoms with E-state index in [-0.39, 0.29) is 30.8 Å². The highest BCUT2D eigenvalue weighted by atomic mass is 35.5. The summed E-state index contributed by atoms with van der Waals surface area (Å²) in [7, 11) is 0. The van der Waals surface area contributed by atoms with Gasteiger partial charge in [0.15, 0.2) is 11.5 Å². The normalized spacial score (nSPS) is 13.6. The second-order valence-electron chi connectivity index (χ2n) is 8.07. The first kappa shape index (κ1) is 24.2. The molecule has 2 aromatic carbocycles. The molecule has 172 valence electrons. The first-order valence-corrected chi connectivity index (χ1v) is 11.4. The van der Waals surface area contributed by atoms with E-state index >= 15 is 0 Å². The van der Waals surface area contributed by atoms with Crippen LogP contribution in [0.4, 0.5) is 0 Å². The average Bonchev–Trinajstić information content (AvgIpc) is 2.76. The van der Waals surface area contributed by atoms with Gasteiger partial charge in [-0.15, -0.1) is 0 Å². The van der Waals surface area contributed by atoms with Crippen LogP contribution in [0.1, 0.15) is 38.3 Å². The number of fused-ring (bicyclic) bond motifs is 1. The fourth-order valence-corrected chi connectivity index (χ4v) is 3.93. The molecule has 32 heavy (non-hydrogen) atoms. The molecule has 3 rings (SSSR count). The summed E-state index contributed by atoms with van der Waals surface area (Å²) in [6.07, 6.45) is 0.753. The summed E-state index contributed by atoms with van der Waals surface area (Å²) in [6.45, 7) is 6.74. The monoisotopic (exact) mass is 478 g/mol. The summed E-state index contributed by atoms with van der Waals surface area (Å²) in [5, 5.41) is 3.85. The third kappa shape index (κ3) is 6.30. The van der Waals surface area contributed by atoms with Crippen molar-refractivity contribution in [1.29, 1.82) is 0 Å². The molecule has 1 atom stereocenters. The largest absolute Gasteiger partial charge is 0.486 e. The van der Waals surface area contributed by atoms with Crippen molar-refractivity contribution in [3.63, 3.8) is 0 Å². The third-order valence-electron chi connectivity index (χ3n) is 5.19. The van der Waals surface area contributed by atoms with Crippen LogP contribution in [-0.2, 0) is 22.6 Å². The minimum atomic E-state index is -0.656. The number of hydrogen-bond acceptors (Lipinski definition) is 4. The average molecular weight is 479 g/mol. The SMILES string of the molecule is CC(C)NC(=O)[C@H](C)N(Cc1ccc(Cl)cc1Cl)C(=O)CCc1ccc2c(c1)OCCO2. The van der Waals surface area contributed by atoms with E-state index in [1.54, 1.807) is 30.0 Å². The highest BCUT2D eigenvalue weighted by molar-refractivity contribution is 6.35. The van der Waals surface area contributed by atoms with E-state index in [1.807, 2.05) is 32.0 Å². The molecule has 0 unspecified atom stereocenters. The molecule has 2 amide bonds. The highest BCUT2D eigenvalue weighted by Gasteiger charge is 2.27. The standard InChI is InChI=1S/C24H28Cl2N2O4/c1-15(2)27-24(30)16(3)28(14-18-6-7-19(25)13-20(18)26)23(29)9-5-17-4-8-21-22(12-17)32-11-10-31-21/h4,6-8,12-13,15-16H,5,9-11,14H2,1-3H3,(H,27,30)/t16-/m0/s1. The number of benzene rings is 2. The Labute approximate surface area is 198 Å². The fourth-order valence-electron chi connectivity index (χ4n) is 3.46. The molecule has 0 fully saturated rings. The van der Waals surface area contributed by atoms with Crippen LogP contribution in [0.5, 0.6) is 11.5 Å². The van der Waals surface area contributed by atoms with E-state index < -0.39 is 6.04 Å². The molecule has 1 aliphatic rings. The first-order chi connectivity index (χ1) is 15.2. The van der Waals surface area contributed by atoms with Crippen molar-refractivity contribution >= 4 is 35.0 Å². The lowest BCUT2D eigenvalue weighted by atomic mass is 10.1. The van der Waals surface area contributed by atoms with Crippen molar-refractivity contribution in [2.45, 2.75) is 52.2 Å². The Bertz CT molecular complexity index is 980. The minimum Gasteiger partial charge on any atom is -0.486 e. The van der Waals surface area contributed by atoms with Gasteiger partial charge in [0.25, 0.3) is 0 Å². The van der Waals surface area contributed by atoms with Gasteiger partial charge in [-0.25, -0.2) is 0 Å². The second-order valence-corrected chi connectivity index (χ2v) is 8.92. The summed E-state index contributed by atoms with van der Waals surface area (Å²) in [5.41, 5.74) is 1.69. The van der Waals surface area contributed by atoms with Crippen molar-refractivity contribution < 1.29 is 19.1 Å². The van der Waals surface area contributed by atoms with Crippen molar-refractivity contribution in [2.24, 2.45) is 0 Å². The summed E-state index contributed by atoms with van der Waals surface area (Å²) in [4.78, 5) is 27.5. The number of carbonyl (C=O) groups excluding carboxylic acids is 2. The maximum Gasteiger partial charge on any atom is 0.242 e. The zero-order valence-electron chi connectivity index (χ0n) is 18.5. The van der Waals surface area contributed by atoms with Gasteiger partial charge in [0.05, 0.1) is 0 Å². The van der Waals surface area contributed by atoms with E-state index in [4.69, 9.17) is 32.7 Å². The molecule has 0 aliphatic carbocycles. The first-order valence-electron chi connectivity index (χ1n) is 10.7. The number of halogens is 2. The Balaban J connectivity index is 1.75. The molecule has 8 heteroatoms. The molecule has 0 aromatic heterocycles. The Hall–Kier alpha value is -2.44. The maximum atomic E-state index is 13.2. The Morgan fingerprint density at radius 1 is 1.03 bits per heavy atom. The van der Waals surface area contributed by atoms with Gasteiger partial charge in [-0.1, -0.05) is 35.3 Å². The molecule has 0 saturated heterocycles. The molecule has 1 N–H and O–H groups in total. The van der Waals surface area contributed by atoms with Gasteiger partial charge < -0.3 is 19.7 Å². The van der Waals surface area contributed by atoms with Crippen LogP contribution in [0, 0.1) is 0 Å². The zero-order chi connectivity index (χ0) is 23.3. The smallest absolute Gasteiger partial charge is 0.242 e. The number of carbonyl (C=O) groups is 2. The topological polar surface area (TPSA) is 67.9 Å². The molecule has 0 saturated carbocycles.